The van der Waals surface area contributed by atoms with Gasteiger partial charge in [-0.05, 0) is 30.5 Å². The number of hydrogen-bond acceptors (Lipinski definition) is 3. The van der Waals surface area contributed by atoms with Gasteiger partial charge < -0.3 is 10.0 Å². The van der Waals surface area contributed by atoms with Gasteiger partial charge in [0.05, 0.1) is 11.6 Å². The van der Waals surface area contributed by atoms with Crippen molar-refractivity contribution in [3.05, 3.63) is 75.8 Å². The maximum Gasteiger partial charge on any atom is 0.295 e. The molecule has 2 aromatic rings. The predicted molar refractivity (Wildman–Crippen MR) is 106 cm³/mol. The molecule has 0 spiro atoms. The molecular weight excluding hydrogens is 362 g/mol. The molecule has 1 saturated heterocycles. The van der Waals surface area contributed by atoms with Crippen molar-refractivity contribution in [3.8, 4) is 0 Å². The van der Waals surface area contributed by atoms with Gasteiger partial charge in [0.2, 0.25) is 0 Å². The molecule has 5 heteroatoms. The highest BCUT2D eigenvalue weighted by Crippen LogP contribution is 2.40. The van der Waals surface area contributed by atoms with E-state index in [-0.39, 0.29) is 17.3 Å². The van der Waals surface area contributed by atoms with Crippen molar-refractivity contribution in [2.24, 2.45) is 5.92 Å². The van der Waals surface area contributed by atoms with Crippen LogP contribution >= 0.6 is 11.6 Å². The van der Waals surface area contributed by atoms with Crippen LogP contribution in [0.15, 0.2) is 54.1 Å². The van der Waals surface area contributed by atoms with Crippen LogP contribution in [0.3, 0.4) is 0 Å². The van der Waals surface area contributed by atoms with Crippen molar-refractivity contribution in [3.63, 3.8) is 0 Å². The summed E-state index contributed by atoms with van der Waals surface area (Å²) in [5.74, 6) is -1.22. The van der Waals surface area contributed by atoms with Gasteiger partial charge in [0.1, 0.15) is 5.76 Å². The molecule has 0 bridgehead atoms. The highest BCUT2D eigenvalue weighted by molar-refractivity contribution is 6.46. The molecule has 0 unspecified atom stereocenters. The Morgan fingerprint density at radius 1 is 1.07 bits per heavy atom. The van der Waals surface area contributed by atoms with Gasteiger partial charge in [-0.3, -0.25) is 9.59 Å². The Morgan fingerprint density at radius 3 is 2.22 bits per heavy atom. The summed E-state index contributed by atoms with van der Waals surface area (Å²) in [6.07, 6.45) is 0. The van der Waals surface area contributed by atoms with Crippen molar-refractivity contribution >= 4 is 29.1 Å². The van der Waals surface area contributed by atoms with Gasteiger partial charge in [0.15, 0.2) is 0 Å². The third-order valence-electron chi connectivity index (χ3n) is 4.61. The molecule has 4 nitrogen and oxygen atoms in total. The number of rotatable bonds is 4. The first kappa shape index (κ1) is 19.2. The zero-order valence-electron chi connectivity index (χ0n) is 15.6. The van der Waals surface area contributed by atoms with E-state index >= 15 is 0 Å². The van der Waals surface area contributed by atoms with Gasteiger partial charge in [-0.1, -0.05) is 67.4 Å². The standard InChI is InChI=1S/C22H22ClNO3/c1-13(2)12-24-19(15-8-10-17(23)11-9-15)18(21(26)22(24)27)20(25)16-6-4-14(3)5-7-16/h4-11,13,19,25H,12H2,1-3H3/t19-/m1/s1. The number of ketones is 1. The number of nitrogens with zero attached hydrogens (tertiary/aromatic N) is 1. The molecule has 2 aromatic carbocycles. The molecule has 1 aliphatic rings. The Morgan fingerprint density at radius 2 is 1.67 bits per heavy atom. The SMILES string of the molecule is Cc1ccc(C(O)=C2C(=O)C(=O)N(CC(C)C)[C@@H]2c2ccc(Cl)cc2)cc1. The van der Waals surface area contributed by atoms with Crippen LogP contribution in [-0.2, 0) is 9.59 Å². The number of hydrogen-bond donors (Lipinski definition) is 1. The first-order valence-electron chi connectivity index (χ1n) is 8.90. The molecule has 1 heterocycles. The number of Topliss-reactive ketones (excluding diaryl/α,β-unsaturated/α-hetero) is 1. The minimum absolute atomic E-state index is 0.117. The summed E-state index contributed by atoms with van der Waals surface area (Å²) in [5.41, 5.74) is 2.42. The molecule has 140 valence electrons. The fraction of sp³-hybridized carbons (Fsp3) is 0.273. The molecule has 27 heavy (non-hydrogen) atoms. The lowest BCUT2D eigenvalue weighted by Crippen LogP contribution is -2.33. The predicted octanol–water partition coefficient (Wildman–Crippen LogP) is 4.73. The van der Waals surface area contributed by atoms with Crippen molar-refractivity contribution in [2.75, 3.05) is 6.54 Å². The maximum atomic E-state index is 12.8. The largest absolute Gasteiger partial charge is 0.507 e. The van der Waals surface area contributed by atoms with Crippen molar-refractivity contribution in [1.82, 2.24) is 4.90 Å². The van der Waals surface area contributed by atoms with Crippen LogP contribution in [0, 0.1) is 12.8 Å². The normalized spacial score (nSPS) is 19.1. The van der Waals surface area contributed by atoms with E-state index in [1.807, 2.05) is 32.9 Å². The lowest BCUT2D eigenvalue weighted by Gasteiger charge is -2.26. The first-order chi connectivity index (χ1) is 12.8. The van der Waals surface area contributed by atoms with E-state index in [0.29, 0.717) is 17.1 Å². The minimum Gasteiger partial charge on any atom is -0.507 e. The molecule has 1 atom stereocenters. The highest BCUT2D eigenvalue weighted by atomic mass is 35.5. The van der Waals surface area contributed by atoms with Crippen LogP contribution in [0.25, 0.3) is 5.76 Å². The first-order valence-corrected chi connectivity index (χ1v) is 9.28. The molecule has 0 saturated carbocycles. The lowest BCUT2D eigenvalue weighted by molar-refractivity contribution is -0.140. The number of aliphatic hydroxyl groups is 1. The smallest absolute Gasteiger partial charge is 0.295 e. The summed E-state index contributed by atoms with van der Waals surface area (Å²) >= 11 is 6.00. The molecule has 1 amide bonds. The summed E-state index contributed by atoms with van der Waals surface area (Å²) in [6, 6.07) is 13.6. The van der Waals surface area contributed by atoms with Gasteiger partial charge in [0.25, 0.3) is 11.7 Å². The summed E-state index contributed by atoms with van der Waals surface area (Å²) in [5, 5.41) is 11.5. The van der Waals surface area contributed by atoms with E-state index in [2.05, 4.69) is 0 Å². The van der Waals surface area contributed by atoms with Gasteiger partial charge in [-0.25, -0.2) is 0 Å². The highest BCUT2D eigenvalue weighted by Gasteiger charge is 2.46. The fourth-order valence-electron chi connectivity index (χ4n) is 3.32. The molecule has 0 aliphatic carbocycles. The second-order valence-electron chi connectivity index (χ2n) is 7.26. The molecular formula is C22H22ClNO3. The third-order valence-corrected chi connectivity index (χ3v) is 4.86. The van der Waals surface area contributed by atoms with Crippen molar-refractivity contribution < 1.29 is 14.7 Å². The average molecular weight is 384 g/mol. The van der Waals surface area contributed by atoms with Crippen LogP contribution in [0.4, 0.5) is 0 Å². The number of benzene rings is 2. The van der Waals surface area contributed by atoms with Gasteiger partial charge in [0, 0.05) is 17.1 Å². The van der Waals surface area contributed by atoms with E-state index < -0.39 is 17.7 Å². The number of likely N-dealkylation sites (tertiary alicyclic amines) is 1. The van der Waals surface area contributed by atoms with E-state index in [4.69, 9.17) is 11.6 Å². The Bertz CT molecular complexity index is 898. The topological polar surface area (TPSA) is 57.6 Å². The van der Waals surface area contributed by atoms with Gasteiger partial charge >= 0.3 is 0 Å². The number of aliphatic hydroxyl groups excluding tert-OH is 1. The number of halogens is 1. The second-order valence-corrected chi connectivity index (χ2v) is 7.70. The van der Waals surface area contributed by atoms with Crippen molar-refractivity contribution in [1.29, 1.82) is 0 Å². The molecule has 1 aliphatic heterocycles. The number of carbonyl (C=O) groups excluding carboxylic acids is 2. The van der Waals surface area contributed by atoms with Crippen LogP contribution in [-0.4, -0.2) is 28.2 Å². The van der Waals surface area contributed by atoms with E-state index in [1.165, 1.54) is 4.90 Å². The summed E-state index contributed by atoms with van der Waals surface area (Å²) in [7, 11) is 0. The van der Waals surface area contributed by atoms with Crippen LogP contribution in [0.1, 0.15) is 36.6 Å². The Hall–Kier alpha value is -2.59. The number of aryl methyl sites for hydroxylation is 1. The molecule has 1 N–H and O–H groups in total. The Labute approximate surface area is 164 Å². The van der Waals surface area contributed by atoms with Crippen molar-refractivity contribution in [2.45, 2.75) is 26.8 Å². The average Bonchev–Trinajstić information content (AvgIpc) is 2.87. The summed E-state index contributed by atoms with van der Waals surface area (Å²) in [6.45, 7) is 6.33. The summed E-state index contributed by atoms with van der Waals surface area (Å²) in [4.78, 5) is 27.0. The number of carbonyl (C=O) groups is 2. The van der Waals surface area contributed by atoms with Gasteiger partial charge in [-0.15, -0.1) is 0 Å². The van der Waals surface area contributed by atoms with E-state index in [1.54, 1.807) is 36.4 Å². The zero-order valence-corrected chi connectivity index (χ0v) is 16.3. The molecule has 3 rings (SSSR count). The summed E-state index contributed by atoms with van der Waals surface area (Å²) < 4.78 is 0. The van der Waals surface area contributed by atoms with Gasteiger partial charge in [-0.2, -0.15) is 0 Å². The van der Waals surface area contributed by atoms with E-state index in [9.17, 15) is 14.7 Å². The lowest BCUT2D eigenvalue weighted by atomic mass is 9.95. The molecule has 0 radical (unpaired) electrons. The number of amides is 1. The van der Waals surface area contributed by atoms with Crippen LogP contribution in [0.5, 0.6) is 0 Å². The monoisotopic (exact) mass is 383 g/mol. The Kier molecular flexibility index (Phi) is 5.38. The fourth-order valence-corrected chi connectivity index (χ4v) is 3.45. The van der Waals surface area contributed by atoms with Crippen LogP contribution in [0.2, 0.25) is 5.02 Å². The van der Waals surface area contributed by atoms with Crippen LogP contribution < -0.4 is 0 Å². The third kappa shape index (κ3) is 3.76. The zero-order chi connectivity index (χ0) is 19.7. The molecule has 1 fully saturated rings. The van der Waals surface area contributed by atoms with E-state index in [0.717, 1.165) is 11.1 Å². The quantitative estimate of drug-likeness (QED) is 0.472. The minimum atomic E-state index is -0.659. The second kappa shape index (κ2) is 7.57. The Balaban J connectivity index is 2.17. The maximum absolute atomic E-state index is 12.8. The molecule has 0 aromatic heterocycles.